The van der Waals surface area contributed by atoms with Gasteiger partial charge >= 0.3 is 5.97 Å². The van der Waals surface area contributed by atoms with Gasteiger partial charge in [0.1, 0.15) is 36.5 Å². The molecule has 18 nitrogen and oxygen atoms in total. The third kappa shape index (κ3) is 13.0. The third-order valence-electron chi connectivity index (χ3n) is 14.2. The number of ketones is 1. The maximum Gasteiger partial charge on any atom is 0.316 e. The van der Waals surface area contributed by atoms with Crippen LogP contribution in [-0.4, -0.2) is 168 Å². The average Bonchev–Trinajstić information content (AvgIpc) is 4.00. The number of cyclic esters (lactones) is 1. The molecule has 5 rings (SSSR count). The minimum atomic E-state index is -3.37. The highest BCUT2D eigenvalue weighted by atomic mass is 32.2. The lowest BCUT2D eigenvalue weighted by molar-refractivity contribution is -0.295. The molecule has 0 amide bonds. The second-order valence-corrected chi connectivity index (χ2v) is 21.6. The Kier molecular flexibility index (Phi) is 18.7. The number of likely N-dealkylation sites (N-methyl/N-ethyl adjacent to an activating group) is 1. The number of ether oxygens (including phenoxy) is 4. The first kappa shape index (κ1) is 54.5. The number of carbonyl (C=O) groups excluding carboxylic acids is 2. The van der Waals surface area contributed by atoms with E-state index in [1.54, 1.807) is 46.0 Å². The minimum Gasteiger partial charge on any atom is -0.459 e. The molecule has 378 valence electrons. The zero-order valence-corrected chi connectivity index (χ0v) is 41.8. The Balaban J connectivity index is 1.38. The summed E-state index contributed by atoms with van der Waals surface area (Å²) in [4.78, 5) is 36.4. The van der Waals surface area contributed by atoms with E-state index < -0.39 is 112 Å². The smallest absolute Gasteiger partial charge is 0.316 e. The molecule has 0 bridgehead atoms. The number of halogens is 1. The topological polar surface area (TPSA) is 233 Å². The predicted molar refractivity (Wildman–Crippen MR) is 247 cm³/mol. The number of aliphatic hydroxyl groups is 3. The van der Waals surface area contributed by atoms with Crippen LogP contribution in [0.2, 0.25) is 0 Å². The highest BCUT2D eigenvalue weighted by Crippen LogP contribution is 2.39. The number of methoxy groups -OCH3 is 1. The number of benzene rings is 1. The van der Waals surface area contributed by atoms with Gasteiger partial charge < -0.3 is 49.3 Å². The number of carbonyl (C=O) groups is 2. The predicted octanol–water partition coefficient (Wildman–Crippen LogP) is 3.25. The molecule has 0 radical (unpaired) electrons. The molecule has 1 aromatic heterocycles. The molecule has 3 aliphatic rings. The lowest BCUT2D eigenvalue weighted by Crippen LogP contribution is -2.60. The van der Waals surface area contributed by atoms with Crippen LogP contribution in [0.1, 0.15) is 98.4 Å². The number of oxime groups is 1. The van der Waals surface area contributed by atoms with Gasteiger partial charge in [-0.25, -0.2) is 17.5 Å². The number of rotatable bonds is 15. The number of nitrogens with one attached hydrogen (secondary N) is 1. The Morgan fingerprint density at radius 1 is 1.10 bits per heavy atom. The van der Waals surface area contributed by atoms with Crippen LogP contribution in [0, 0.1) is 23.7 Å². The monoisotopic (exact) mass is 967 g/mol. The second-order valence-electron chi connectivity index (χ2n) is 19.6. The van der Waals surface area contributed by atoms with E-state index in [0.29, 0.717) is 37.3 Å². The Labute approximate surface area is 395 Å². The normalized spacial score (nSPS) is 36.2. The van der Waals surface area contributed by atoms with Crippen LogP contribution < -0.4 is 5.32 Å². The van der Waals surface area contributed by atoms with Gasteiger partial charge in [-0.1, -0.05) is 50.2 Å². The standard InChI is InChI=1S/C47H75FN6O12S/c1-12-38-47(8,59)42(57)29(4)39(51-66-35-17-19-49-25-35)27(2)23-46(7,62-10)43(30(5)40(55)31(6)44(58)64-38)65-45-41(56)37(21-28(3)63-45)53(9)20-18-33-26-54(52-50-33)34(24-48)22-32-13-15-36(16-14-32)67(11,60)61/h13-16,26-31,34-35,37-38,41-43,45,49,56-57,59H,12,17-25H2,1-11H3/b51-39+/t27-,28-,29+,30+,31-,34+,35+,37+,38-,41-,42-,43-,45+,46-,47-/m1/s1. The van der Waals surface area contributed by atoms with Crippen LogP contribution in [0.5, 0.6) is 0 Å². The summed E-state index contributed by atoms with van der Waals surface area (Å²) in [5.41, 5.74) is -1.45. The first-order valence-corrected chi connectivity index (χ1v) is 25.4. The zero-order chi connectivity index (χ0) is 49.6. The molecular weight excluding hydrogens is 892 g/mol. The summed E-state index contributed by atoms with van der Waals surface area (Å²) in [6.45, 7) is 14.6. The molecule has 3 fully saturated rings. The van der Waals surface area contributed by atoms with Gasteiger partial charge in [0.2, 0.25) is 0 Å². The lowest BCUT2D eigenvalue weighted by Gasteiger charge is -2.47. The van der Waals surface area contributed by atoms with Crippen molar-refractivity contribution in [1.29, 1.82) is 0 Å². The number of esters is 1. The van der Waals surface area contributed by atoms with E-state index in [4.69, 9.17) is 23.8 Å². The molecule has 67 heavy (non-hydrogen) atoms. The molecule has 15 atom stereocenters. The number of alkyl halides is 1. The van der Waals surface area contributed by atoms with Gasteiger partial charge in [-0.3, -0.25) is 9.59 Å². The average molecular weight is 967 g/mol. The van der Waals surface area contributed by atoms with E-state index in [0.717, 1.165) is 24.8 Å². The quantitative estimate of drug-likeness (QED) is 0.114. The summed E-state index contributed by atoms with van der Waals surface area (Å²) in [6.07, 6.45) is -1.81. The SMILES string of the molecule is CC[C@H]1OC(=O)[C@H](C)C(=O)[C@H](C)[C@@H](O[C@@H]2O[C@H](C)C[C@H](N(C)CCc3cn([C@H](CF)Cc4ccc(S(C)(=O)=O)cc4)nn3)[C@H]2O)[C@](C)(OC)C[C@@H](C)/C(=N\O[C@H]2CCNC2)[C@H](C)[C@@H](O)[C@]1(C)O. The van der Waals surface area contributed by atoms with Gasteiger partial charge in [0.25, 0.3) is 0 Å². The summed E-state index contributed by atoms with van der Waals surface area (Å²) in [5.74, 6) is -4.98. The molecule has 4 heterocycles. The van der Waals surface area contributed by atoms with Crippen molar-refractivity contribution in [1.82, 2.24) is 25.2 Å². The van der Waals surface area contributed by atoms with Crippen molar-refractivity contribution in [3.05, 3.63) is 41.7 Å². The fourth-order valence-corrected chi connectivity index (χ4v) is 10.5. The first-order chi connectivity index (χ1) is 31.4. The molecule has 0 spiro atoms. The van der Waals surface area contributed by atoms with Gasteiger partial charge in [0, 0.05) is 69.3 Å². The summed E-state index contributed by atoms with van der Waals surface area (Å²) in [6, 6.07) is 5.19. The zero-order valence-electron chi connectivity index (χ0n) is 41.0. The minimum absolute atomic E-state index is 0.149. The van der Waals surface area contributed by atoms with Crippen molar-refractivity contribution < 1.29 is 61.5 Å². The van der Waals surface area contributed by atoms with E-state index in [1.165, 1.54) is 37.8 Å². The van der Waals surface area contributed by atoms with E-state index in [2.05, 4.69) is 20.8 Å². The van der Waals surface area contributed by atoms with Crippen LogP contribution in [0.25, 0.3) is 0 Å². The van der Waals surface area contributed by atoms with Crippen molar-refractivity contribution in [3.63, 3.8) is 0 Å². The van der Waals surface area contributed by atoms with Crippen molar-refractivity contribution in [2.24, 2.45) is 28.8 Å². The number of nitrogens with zero attached hydrogens (tertiary/aromatic N) is 5. The molecule has 1 aromatic carbocycles. The molecule has 3 saturated heterocycles. The fourth-order valence-electron chi connectivity index (χ4n) is 9.82. The summed E-state index contributed by atoms with van der Waals surface area (Å²) in [5, 5.41) is 52.1. The molecule has 3 aliphatic heterocycles. The number of Topliss-reactive ketones (excluding diaryl/α,β-unsaturated/α-hetero) is 1. The number of sulfone groups is 1. The van der Waals surface area contributed by atoms with Crippen LogP contribution in [0.15, 0.2) is 40.5 Å². The third-order valence-corrected chi connectivity index (χ3v) is 15.4. The van der Waals surface area contributed by atoms with Crippen LogP contribution in [0.4, 0.5) is 4.39 Å². The van der Waals surface area contributed by atoms with Crippen molar-refractivity contribution in [3.8, 4) is 0 Å². The van der Waals surface area contributed by atoms with E-state index >= 15 is 0 Å². The molecule has 0 unspecified atom stereocenters. The number of aromatic nitrogens is 3. The molecule has 20 heteroatoms. The molecule has 0 aliphatic carbocycles. The van der Waals surface area contributed by atoms with Gasteiger partial charge in [-0.05, 0) is 84.7 Å². The molecule has 0 saturated carbocycles. The Morgan fingerprint density at radius 3 is 2.39 bits per heavy atom. The number of hydrogen-bond donors (Lipinski definition) is 4. The fraction of sp³-hybridized carbons (Fsp3) is 0.766. The molecule has 2 aromatic rings. The van der Waals surface area contributed by atoms with E-state index in [-0.39, 0.29) is 30.3 Å². The van der Waals surface area contributed by atoms with Crippen molar-refractivity contribution >= 4 is 27.3 Å². The van der Waals surface area contributed by atoms with Gasteiger partial charge in [-0.2, -0.15) is 0 Å². The summed E-state index contributed by atoms with van der Waals surface area (Å²) < 4.78 is 64.8. The van der Waals surface area contributed by atoms with E-state index in [1.807, 2.05) is 25.8 Å². The summed E-state index contributed by atoms with van der Waals surface area (Å²) in [7, 11) is -0.00904. The maximum absolute atomic E-state index is 14.4. The van der Waals surface area contributed by atoms with Crippen LogP contribution >= 0.6 is 0 Å². The number of aliphatic hydroxyl groups excluding tert-OH is 2. The van der Waals surface area contributed by atoms with Crippen LogP contribution in [0.3, 0.4) is 0 Å². The summed E-state index contributed by atoms with van der Waals surface area (Å²) >= 11 is 0. The van der Waals surface area contributed by atoms with Gasteiger partial charge in [-0.15, -0.1) is 5.10 Å². The Morgan fingerprint density at radius 2 is 1.79 bits per heavy atom. The highest BCUT2D eigenvalue weighted by molar-refractivity contribution is 7.90. The van der Waals surface area contributed by atoms with Gasteiger partial charge in [0.05, 0.1) is 46.3 Å². The lowest BCUT2D eigenvalue weighted by atomic mass is 9.74. The highest BCUT2D eigenvalue weighted by Gasteiger charge is 2.52. The van der Waals surface area contributed by atoms with E-state index in [9.17, 15) is 37.7 Å². The number of hydrogen-bond acceptors (Lipinski definition) is 17. The van der Waals surface area contributed by atoms with Crippen molar-refractivity contribution in [2.45, 2.75) is 165 Å². The largest absolute Gasteiger partial charge is 0.459 e. The van der Waals surface area contributed by atoms with Gasteiger partial charge in [0.15, 0.2) is 21.9 Å². The second kappa shape index (κ2) is 23.0. The van der Waals surface area contributed by atoms with Crippen molar-refractivity contribution in [2.75, 3.05) is 46.7 Å². The maximum atomic E-state index is 14.4. The molecular formula is C47H75FN6O12S. The Bertz CT molecular complexity index is 2090. The van der Waals surface area contributed by atoms with Crippen LogP contribution in [-0.2, 0) is 56.1 Å². The first-order valence-electron chi connectivity index (χ1n) is 23.5. The molecule has 4 N–H and O–H groups in total. The Hall–Kier alpha value is -3.47.